The van der Waals surface area contributed by atoms with Gasteiger partial charge >= 0.3 is 5.97 Å². The lowest BCUT2D eigenvalue weighted by Crippen LogP contribution is -2.66. The molecule has 1 N–H and O–H groups in total. The highest BCUT2D eigenvalue weighted by Gasteiger charge is 2.63. The van der Waals surface area contributed by atoms with Crippen LogP contribution >= 0.6 is 0 Å². The number of benzene rings is 6. The summed E-state index contributed by atoms with van der Waals surface area (Å²) in [7, 11) is 0. The molecule has 111 heavy (non-hydrogen) atoms. The lowest BCUT2D eigenvalue weighted by Gasteiger charge is -2.52. The Bertz CT molecular complexity index is 3860. The molecule has 14 rings (SSSR count). The number of carbonyl (C=O) groups excluding carboxylic acids is 1. The van der Waals surface area contributed by atoms with Crippen molar-refractivity contribution < 1.29 is 109 Å². The molecule has 0 aromatic heterocycles. The van der Waals surface area contributed by atoms with Crippen molar-refractivity contribution in [2.75, 3.05) is 26.4 Å². The summed E-state index contributed by atoms with van der Waals surface area (Å²) in [6.07, 6.45) is -21.2. The molecule has 0 saturated carbocycles. The minimum Gasteiger partial charge on any atom is -0.457 e. The van der Waals surface area contributed by atoms with E-state index in [-0.39, 0.29) is 76.7 Å². The summed E-state index contributed by atoms with van der Waals surface area (Å²) in [6.45, 7) is 21.9. The number of fused-ring (bicyclic) bond motifs is 2. The average molecular weight is 1540 g/mol. The van der Waals surface area contributed by atoms with Crippen molar-refractivity contribution in [3.63, 3.8) is 0 Å². The molecule has 24 heteroatoms. The molecule has 0 aliphatic carbocycles. The first kappa shape index (κ1) is 81.0. The number of rotatable bonds is 30. The zero-order valence-electron chi connectivity index (χ0n) is 65.2. The Morgan fingerprint density at radius 2 is 0.892 bits per heavy atom. The number of nitrogens with one attached hydrogen (secondary N) is 1. The van der Waals surface area contributed by atoms with Gasteiger partial charge in [0, 0.05) is 43.1 Å². The fourth-order valence-electron chi connectivity index (χ4n) is 16.2. The molecular weight excluding hydrogens is 1430 g/mol. The van der Waals surface area contributed by atoms with E-state index < -0.39 is 165 Å². The molecule has 28 atom stereocenters. The molecule has 0 amide bonds. The molecular formula is C87H109NO23. The van der Waals surface area contributed by atoms with E-state index in [4.69, 9.17) is 110 Å². The van der Waals surface area contributed by atoms with Gasteiger partial charge in [0.2, 0.25) is 6.29 Å². The summed E-state index contributed by atoms with van der Waals surface area (Å²) < 4.78 is 153. The average Bonchev–Trinajstić information content (AvgIpc) is 1.63. The van der Waals surface area contributed by atoms with E-state index in [0.29, 0.717) is 6.61 Å². The van der Waals surface area contributed by atoms with E-state index in [2.05, 4.69) is 0 Å². The summed E-state index contributed by atoms with van der Waals surface area (Å²) in [5.41, 5.74) is 4.58. The first-order chi connectivity index (χ1) is 53.7. The van der Waals surface area contributed by atoms with E-state index in [1.807, 2.05) is 237 Å². The molecule has 8 aliphatic heterocycles. The van der Waals surface area contributed by atoms with Crippen LogP contribution < -0.4 is 0 Å². The van der Waals surface area contributed by atoms with Gasteiger partial charge in [0.1, 0.15) is 48.3 Å². The first-order valence-corrected chi connectivity index (χ1v) is 39.2. The molecule has 8 heterocycles. The van der Waals surface area contributed by atoms with Gasteiger partial charge in [0.15, 0.2) is 61.6 Å². The molecule has 600 valence electrons. The maximum Gasteiger partial charge on any atom is 0.303 e. The predicted molar refractivity (Wildman–Crippen MR) is 401 cm³/mol. The van der Waals surface area contributed by atoms with Crippen molar-refractivity contribution in [3.8, 4) is 0 Å². The molecule has 8 fully saturated rings. The van der Waals surface area contributed by atoms with E-state index in [1.54, 1.807) is 6.92 Å². The minimum atomic E-state index is -1.34. The first-order valence-electron chi connectivity index (χ1n) is 39.2. The van der Waals surface area contributed by atoms with Crippen LogP contribution in [0.4, 0.5) is 0 Å². The summed E-state index contributed by atoms with van der Waals surface area (Å²) in [4.78, 5) is 13.4. The topological polar surface area (TPSA) is 244 Å². The molecule has 0 bridgehead atoms. The molecule has 8 saturated heterocycles. The third kappa shape index (κ3) is 19.5. The Labute approximate surface area is 651 Å². The van der Waals surface area contributed by atoms with Gasteiger partial charge in [-0.3, -0.25) is 10.2 Å². The third-order valence-corrected chi connectivity index (χ3v) is 22.2. The lowest BCUT2D eigenvalue weighted by molar-refractivity contribution is -0.395. The smallest absolute Gasteiger partial charge is 0.303 e. The summed E-state index contributed by atoms with van der Waals surface area (Å²) in [5, 5.41) is 8.78. The number of esters is 1. The Kier molecular flexibility index (Phi) is 27.0. The highest BCUT2D eigenvalue weighted by atomic mass is 16.8. The van der Waals surface area contributed by atoms with Gasteiger partial charge in [0.05, 0.1) is 102 Å². The van der Waals surface area contributed by atoms with Gasteiger partial charge in [-0.2, -0.15) is 0 Å². The highest BCUT2D eigenvalue weighted by Crippen LogP contribution is 2.49. The fraction of sp³-hybridized carbons (Fsp3) is 0.563. The Hall–Kier alpha value is -6.54. The lowest BCUT2D eigenvalue weighted by atomic mass is 9.89. The SMILES string of the molecule is CC(=N)O[C@H]1OC(C)[C@@H](OC(C)=O)C(O[C@@H]2OC(C)[C@H](C)[C@H]3OC(C)(C)OC23)[C@H]1O[C@H]1OC(C)[C@@H](O[C@H]2OC[C@@H](C)C(O[C@H]3OC[C@]4(COCc5ccccc5)O[C@@H](c5ccccc5)OC34)[C@H]2OCc2ccccc2)C(O[C@H]2OC(COCc3ccccc3)[C@@H](OCc3ccccc3)C(OCc3ccccc3)[C@H]2C)[C@@H]1C. The van der Waals surface area contributed by atoms with E-state index in [9.17, 15) is 4.79 Å². The molecule has 0 radical (unpaired) electrons. The van der Waals surface area contributed by atoms with Crippen LogP contribution in [0, 0.1) is 29.1 Å². The van der Waals surface area contributed by atoms with Gasteiger partial charge in [-0.1, -0.05) is 210 Å². The van der Waals surface area contributed by atoms with Crippen molar-refractivity contribution in [1.82, 2.24) is 0 Å². The monoisotopic (exact) mass is 1540 g/mol. The number of carbonyl (C=O) groups is 1. The Balaban J connectivity index is 0.821. The van der Waals surface area contributed by atoms with Crippen molar-refractivity contribution >= 4 is 11.9 Å². The largest absolute Gasteiger partial charge is 0.457 e. The van der Waals surface area contributed by atoms with Crippen molar-refractivity contribution in [2.45, 2.75) is 262 Å². The van der Waals surface area contributed by atoms with Crippen molar-refractivity contribution in [3.05, 3.63) is 215 Å². The van der Waals surface area contributed by atoms with E-state index >= 15 is 0 Å². The van der Waals surface area contributed by atoms with Gasteiger partial charge in [0.25, 0.3) is 0 Å². The van der Waals surface area contributed by atoms with Crippen LogP contribution in [0.2, 0.25) is 0 Å². The van der Waals surface area contributed by atoms with Crippen LogP contribution in [0.5, 0.6) is 0 Å². The highest BCUT2D eigenvalue weighted by molar-refractivity contribution is 5.69. The van der Waals surface area contributed by atoms with Gasteiger partial charge in [-0.15, -0.1) is 0 Å². The normalized spacial score (nSPS) is 37.2. The second kappa shape index (κ2) is 36.9. The quantitative estimate of drug-likeness (QED) is 0.0250. The third-order valence-electron chi connectivity index (χ3n) is 22.2. The van der Waals surface area contributed by atoms with Crippen LogP contribution in [-0.2, 0) is 142 Å². The van der Waals surface area contributed by atoms with E-state index in [1.165, 1.54) is 13.8 Å². The summed E-state index contributed by atoms with van der Waals surface area (Å²) >= 11 is 0. The van der Waals surface area contributed by atoms with Crippen LogP contribution in [0.25, 0.3) is 0 Å². The second-order valence-corrected chi connectivity index (χ2v) is 31.2. The predicted octanol–water partition coefficient (Wildman–Crippen LogP) is 12.6. The molecule has 6 aromatic carbocycles. The maximum atomic E-state index is 13.4. The summed E-state index contributed by atoms with van der Waals surface area (Å²) in [5.74, 6) is -3.55. The number of hydrogen-bond donors (Lipinski definition) is 1. The molecule has 6 aromatic rings. The van der Waals surface area contributed by atoms with Crippen LogP contribution in [0.1, 0.15) is 116 Å². The van der Waals surface area contributed by atoms with Gasteiger partial charge in [-0.05, 0) is 62.4 Å². The van der Waals surface area contributed by atoms with Crippen LogP contribution in [0.15, 0.2) is 182 Å². The molecule has 0 spiro atoms. The van der Waals surface area contributed by atoms with Crippen LogP contribution in [-0.4, -0.2) is 185 Å². The molecule has 10 unspecified atom stereocenters. The van der Waals surface area contributed by atoms with E-state index in [0.717, 1.165) is 33.4 Å². The minimum absolute atomic E-state index is 0.0857. The second-order valence-electron chi connectivity index (χ2n) is 31.2. The Morgan fingerprint density at radius 3 is 1.49 bits per heavy atom. The number of ether oxygens (including phenoxy) is 22. The number of hydrogen-bond acceptors (Lipinski definition) is 24. The zero-order valence-corrected chi connectivity index (χ0v) is 65.2. The zero-order chi connectivity index (χ0) is 77.3. The fourth-order valence-corrected chi connectivity index (χ4v) is 16.2. The summed E-state index contributed by atoms with van der Waals surface area (Å²) in [6, 6.07) is 59.6. The van der Waals surface area contributed by atoms with Gasteiger partial charge in [-0.25, -0.2) is 0 Å². The maximum absolute atomic E-state index is 13.4. The van der Waals surface area contributed by atoms with Crippen molar-refractivity contribution in [1.29, 1.82) is 5.41 Å². The Morgan fingerprint density at radius 1 is 0.414 bits per heavy atom. The standard InChI is InChI=1S/C87H109NO23/c1-51-42-95-82(75(94-47-64-38-26-16-27-39-64)67(51)103-85-78-87(50-96-85,49-91-44-61-32-20-13-21-33-61)111-81(108-78)65-40-28-17-29-41-65)105-71-56(6)98-79(107-76-74(72(101-59(9)89)57(7)99-83(76)100-58(8)88)106-84-77-70(52(2)55(5)97-84)109-86(10,11)110-77)54(4)69(71)104-80-53(3)68(92-45-62-34-22-14-23-35-62)73(93-46-63-36-24-15-25-37-63)66(102-80)48-90-43-60-30-18-12-19-31-60/h12-41,51-57,66-85,88H,42-50H2,1-11H3/t51-,52+,53-,54+,55?,56?,57?,66?,67?,68?,69?,70-,71-,72-,73-,74?,75-,76-,77?,78?,79-,80-,81+,82-,83-,84+,85-,87+/m1/s1. The van der Waals surface area contributed by atoms with Gasteiger partial charge < -0.3 is 104 Å². The molecule has 24 nitrogen and oxygen atoms in total. The molecule has 8 aliphatic rings. The van der Waals surface area contributed by atoms with Crippen LogP contribution in [0.3, 0.4) is 0 Å². The van der Waals surface area contributed by atoms with Crippen molar-refractivity contribution in [2.24, 2.45) is 23.7 Å².